The fourth-order valence-corrected chi connectivity index (χ4v) is 2.30. The summed E-state index contributed by atoms with van der Waals surface area (Å²) in [7, 11) is 0. The van der Waals surface area contributed by atoms with Gasteiger partial charge in [0.05, 0.1) is 6.10 Å². The van der Waals surface area contributed by atoms with E-state index in [-0.39, 0.29) is 6.10 Å². The monoisotopic (exact) mass is 364 g/mol. The van der Waals surface area contributed by atoms with Crippen LogP contribution in [0, 0.1) is 6.92 Å². The molecule has 0 spiro atoms. The van der Waals surface area contributed by atoms with Crippen molar-refractivity contribution in [3.8, 4) is 5.75 Å². The van der Waals surface area contributed by atoms with Crippen molar-refractivity contribution in [2.75, 3.05) is 13.1 Å². The molecule has 0 bridgehead atoms. The number of aliphatic hydroxyl groups is 1. The van der Waals surface area contributed by atoms with Gasteiger partial charge in [0.1, 0.15) is 17.0 Å². The lowest BCUT2D eigenvalue weighted by Crippen LogP contribution is -2.40. The molecule has 0 radical (unpaired) electrons. The molecule has 1 saturated heterocycles. The maximum absolute atomic E-state index is 10.8. The second-order valence-electron chi connectivity index (χ2n) is 6.05. The molecule has 0 unspecified atom stereocenters. The van der Waals surface area contributed by atoms with Crippen LogP contribution in [-0.4, -0.2) is 46.5 Å². The van der Waals surface area contributed by atoms with Crippen molar-refractivity contribution in [2.24, 2.45) is 0 Å². The number of carbonyl (C=O) groups is 1. The Morgan fingerprint density at radius 1 is 1.32 bits per heavy atom. The molecule has 1 aliphatic rings. The molecular formula is C16H23F3N2O4. The SMILES string of the molecule is Cc1ccc(OC(C)C)c(C2(O)CCNCC2)n1.O=C(O)C(F)(F)F. The Morgan fingerprint density at radius 2 is 1.84 bits per heavy atom. The fraction of sp³-hybridized carbons (Fsp3) is 0.625. The number of pyridine rings is 1. The summed E-state index contributed by atoms with van der Waals surface area (Å²) in [5.74, 6) is -2.05. The zero-order valence-electron chi connectivity index (χ0n) is 14.4. The maximum atomic E-state index is 10.8. The highest BCUT2D eigenvalue weighted by atomic mass is 19.4. The first-order valence-electron chi connectivity index (χ1n) is 7.83. The first-order chi connectivity index (χ1) is 11.5. The lowest BCUT2D eigenvalue weighted by atomic mass is 9.88. The highest BCUT2D eigenvalue weighted by Crippen LogP contribution is 2.35. The number of aromatic nitrogens is 1. The number of nitrogens with zero attached hydrogens (tertiary/aromatic N) is 1. The number of hydrogen-bond acceptors (Lipinski definition) is 5. The number of halogens is 3. The molecule has 6 nitrogen and oxygen atoms in total. The van der Waals surface area contributed by atoms with E-state index in [1.807, 2.05) is 32.9 Å². The molecule has 0 aromatic carbocycles. The van der Waals surface area contributed by atoms with E-state index in [1.54, 1.807) is 0 Å². The van der Waals surface area contributed by atoms with Crippen molar-refractivity contribution in [1.82, 2.24) is 10.3 Å². The molecule has 0 saturated carbocycles. The van der Waals surface area contributed by atoms with Crippen LogP contribution in [0.5, 0.6) is 5.75 Å². The van der Waals surface area contributed by atoms with Crippen LogP contribution in [0.4, 0.5) is 13.2 Å². The summed E-state index contributed by atoms with van der Waals surface area (Å²) in [6.45, 7) is 7.53. The molecule has 1 aromatic heterocycles. The smallest absolute Gasteiger partial charge is 0.489 e. The maximum Gasteiger partial charge on any atom is 0.490 e. The standard InChI is InChI=1S/C14H22N2O2.C2HF3O2/c1-10(2)18-12-5-4-11(3)16-13(12)14(17)6-8-15-9-7-14;3-2(4,5)1(6)7/h4-5,10,15,17H,6-9H2,1-3H3;(H,6,7). The first-order valence-corrected chi connectivity index (χ1v) is 7.83. The lowest BCUT2D eigenvalue weighted by Gasteiger charge is -2.33. The van der Waals surface area contributed by atoms with Crippen LogP contribution in [-0.2, 0) is 10.4 Å². The minimum atomic E-state index is -5.08. The fourth-order valence-electron chi connectivity index (χ4n) is 2.30. The third-order valence-corrected chi connectivity index (χ3v) is 3.47. The normalized spacial score (nSPS) is 16.8. The first kappa shape index (κ1) is 21.2. The zero-order valence-corrected chi connectivity index (χ0v) is 14.4. The van der Waals surface area contributed by atoms with Crippen molar-refractivity contribution in [2.45, 2.75) is 51.5 Å². The van der Waals surface area contributed by atoms with E-state index in [1.165, 1.54) is 0 Å². The molecule has 2 rings (SSSR count). The number of carboxylic acids is 1. The van der Waals surface area contributed by atoms with Gasteiger partial charge in [-0.05, 0) is 58.8 Å². The summed E-state index contributed by atoms with van der Waals surface area (Å²) in [6.07, 6.45) is -3.64. The van der Waals surface area contributed by atoms with E-state index in [4.69, 9.17) is 14.6 Å². The van der Waals surface area contributed by atoms with Crippen LogP contribution < -0.4 is 10.1 Å². The minimum Gasteiger partial charge on any atom is -0.489 e. The molecule has 25 heavy (non-hydrogen) atoms. The predicted octanol–water partition coefficient (Wildman–Crippen LogP) is 2.38. The Balaban J connectivity index is 0.000000381. The Labute approximate surface area is 144 Å². The summed E-state index contributed by atoms with van der Waals surface area (Å²) in [5.41, 5.74) is 0.743. The van der Waals surface area contributed by atoms with Crippen LogP contribution in [0.25, 0.3) is 0 Å². The second-order valence-corrected chi connectivity index (χ2v) is 6.05. The highest BCUT2D eigenvalue weighted by Gasteiger charge is 2.38. The van der Waals surface area contributed by atoms with E-state index >= 15 is 0 Å². The molecule has 0 aliphatic carbocycles. The Hall–Kier alpha value is -1.87. The number of alkyl halides is 3. The van der Waals surface area contributed by atoms with E-state index in [0.29, 0.717) is 24.3 Å². The van der Waals surface area contributed by atoms with Gasteiger partial charge in [0.15, 0.2) is 0 Å². The Bertz CT molecular complexity index is 585. The number of ether oxygens (including phenoxy) is 1. The molecule has 9 heteroatoms. The van der Waals surface area contributed by atoms with E-state index in [0.717, 1.165) is 18.8 Å². The number of rotatable bonds is 3. The van der Waals surface area contributed by atoms with E-state index in [9.17, 15) is 18.3 Å². The Kier molecular flexibility index (Phi) is 7.18. The van der Waals surface area contributed by atoms with Gasteiger partial charge >= 0.3 is 12.1 Å². The predicted molar refractivity (Wildman–Crippen MR) is 84.4 cm³/mol. The number of piperidine rings is 1. The number of hydrogen-bond donors (Lipinski definition) is 3. The van der Waals surface area contributed by atoms with Crippen molar-refractivity contribution in [3.63, 3.8) is 0 Å². The largest absolute Gasteiger partial charge is 0.490 e. The second kappa shape index (κ2) is 8.48. The van der Waals surface area contributed by atoms with Crippen molar-refractivity contribution in [1.29, 1.82) is 0 Å². The molecule has 142 valence electrons. The van der Waals surface area contributed by atoms with Gasteiger partial charge < -0.3 is 20.3 Å². The quantitative estimate of drug-likeness (QED) is 0.763. The number of nitrogens with one attached hydrogen (secondary N) is 1. The van der Waals surface area contributed by atoms with Gasteiger partial charge in [-0.1, -0.05) is 0 Å². The summed E-state index contributed by atoms with van der Waals surface area (Å²) in [6, 6.07) is 3.84. The van der Waals surface area contributed by atoms with E-state index in [2.05, 4.69) is 10.3 Å². The van der Waals surface area contributed by atoms with Crippen molar-refractivity contribution >= 4 is 5.97 Å². The van der Waals surface area contributed by atoms with Gasteiger partial charge in [-0.3, -0.25) is 4.98 Å². The average Bonchev–Trinajstić information content (AvgIpc) is 2.49. The van der Waals surface area contributed by atoms with Gasteiger partial charge in [-0.2, -0.15) is 13.2 Å². The summed E-state index contributed by atoms with van der Waals surface area (Å²) in [4.78, 5) is 13.4. The lowest BCUT2D eigenvalue weighted by molar-refractivity contribution is -0.192. The van der Waals surface area contributed by atoms with Crippen molar-refractivity contribution < 1.29 is 32.9 Å². The third-order valence-electron chi connectivity index (χ3n) is 3.47. The summed E-state index contributed by atoms with van der Waals surface area (Å²) >= 11 is 0. The summed E-state index contributed by atoms with van der Waals surface area (Å²) in [5, 5.41) is 21.2. The number of aliphatic carboxylic acids is 1. The minimum absolute atomic E-state index is 0.0820. The molecule has 0 atom stereocenters. The van der Waals surface area contributed by atoms with Gasteiger partial charge in [0, 0.05) is 5.69 Å². The van der Waals surface area contributed by atoms with Crippen molar-refractivity contribution in [3.05, 3.63) is 23.5 Å². The molecule has 1 aliphatic heterocycles. The van der Waals surface area contributed by atoms with Gasteiger partial charge in [-0.15, -0.1) is 0 Å². The van der Waals surface area contributed by atoms with E-state index < -0.39 is 17.7 Å². The summed E-state index contributed by atoms with van der Waals surface area (Å²) < 4.78 is 37.5. The molecule has 1 fully saturated rings. The molecular weight excluding hydrogens is 341 g/mol. The highest BCUT2D eigenvalue weighted by molar-refractivity contribution is 5.73. The van der Waals surface area contributed by atoms with Crippen LogP contribution in [0.15, 0.2) is 12.1 Å². The number of aryl methyl sites for hydroxylation is 1. The van der Waals surface area contributed by atoms with Crippen LogP contribution >= 0.6 is 0 Å². The van der Waals surface area contributed by atoms with Crippen LogP contribution in [0.1, 0.15) is 38.1 Å². The average molecular weight is 364 g/mol. The van der Waals surface area contributed by atoms with Gasteiger partial charge in [0.2, 0.25) is 0 Å². The zero-order chi connectivity index (χ0) is 19.3. The van der Waals surface area contributed by atoms with Gasteiger partial charge in [0.25, 0.3) is 0 Å². The third kappa shape index (κ3) is 6.50. The van der Waals surface area contributed by atoms with Crippen LogP contribution in [0.3, 0.4) is 0 Å². The molecule has 1 aromatic rings. The Morgan fingerprint density at radius 3 is 2.28 bits per heavy atom. The van der Waals surface area contributed by atoms with Crippen LogP contribution in [0.2, 0.25) is 0 Å². The molecule has 0 amide bonds. The molecule has 3 N–H and O–H groups in total. The molecule has 2 heterocycles. The van der Waals surface area contributed by atoms with Gasteiger partial charge in [-0.25, -0.2) is 4.79 Å². The number of carboxylic acid groups (broad SMARTS) is 1. The topological polar surface area (TPSA) is 91.7 Å².